The highest BCUT2D eigenvalue weighted by molar-refractivity contribution is 4.80. The van der Waals surface area contributed by atoms with Crippen LogP contribution in [0.3, 0.4) is 0 Å². The van der Waals surface area contributed by atoms with Crippen molar-refractivity contribution in [2.75, 3.05) is 55.5 Å². The molecule has 4 nitrogen and oxygen atoms in total. The van der Waals surface area contributed by atoms with Gasteiger partial charge in [0.15, 0.2) is 5.79 Å². The Bertz CT molecular complexity index is 305. The van der Waals surface area contributed by atoms with Gasteiger partial charge < -0.3 is 19.3 Å². The third-order valence-electron chi connectivity index (χ3n) is 5.51. The first kappa shape index (κ1) is 25.8. The Kier molecular flexibility index (Phi) is 15.8. The predicted octanol–water partition coefficient (Wildman–Crippen LogP) is 5.03. The molecule has 0 N–H and O–H groups in total. The standard InChI is InChI=1S/C22H48N2O2/c1-8-9-10-11-12-13-16-21(17-14-19-23(2)3)22(25-6,26-7)18-15-20-24(4)5/h21H,8-20H2,1-7H3. The van der Waals surface area contributed by atoms with Crippen LogP contribution in [0.2, 0.25) is 0 Å². The molecule has 1 atom stereocenters. The molecule has 0 saturated carbocycles. The van der Waals surface area contributed by atoms with E-state index in [2.05, 4.69) is 44.9 Å². The first-order valence-electron chi connectivity index (χ1n) is 10.8. The van der Waals surface area contributed by atoms with E-state index < -0.39 is 5.79 Å². The molecule has 0 amide bonds. The molecular formula is C22H48N2O2. The molecule has 0 aromatic carbocycles. The largest absolute Gasteiger partial charge is 0.353 e. The lowest BCUT2D eigenvalue weighted by Gasteiger charge is -2.39. The Morgan fingerprint density at radius 3 is 1.73 bits per heavy atom. The second-order valence-corrected chi connectivity index (χ2v) is 8.33. The number of rotatable bonds is 18. The highest BCUT2D eigenvalue weighted by Gasteiger charge is 2.38. The molecule has 0 aromatic rings. The van der Waals surface area contributed by atoms with Gasteiger partial charge in [-0.3, -0.25) is 0 Å². The van der Waals surface area contributed by atoms with Crippen molar-refractivity contribution in [2.24, 2.45) is 5.92 Å². The monoisotopic (exact) mass is 372 g/mol. The van der Waals surface area contributed by atoms with Gasteiger partial charge in [-0.05, 0) is 67.0 Å². The SMILES string of the molecule is CCCCCCCCC(CCCN(C)C)C(CCCN(C)C)(OC)OC. The van der Waals surface area contributed by atoms with E-state index in [1.54, 1.807) is 0 Å². The molecule has 0 heterocycles. The van der Waals surface area contributed by atoms with E-state index in [0.29, 0.717) is 5.92 Å². The lowest BCUT2D eigenvalue weighted by atomic mass is 9.85. The summed E-state index contributed by atoms with van der Waals surface area (Å²) in [6.07, 6.45) is 13.7. The second kappa shape index (κ2) is 15.9. The van der Waals surface area contributed by atoms with Gasteiger partial charge in [0.2, 0.25) is 0 Å². The zero-order chi connectivity index (χ0) is 19.8. The zero-order valence-electron chi connectivity index (χ0n) is 19.0. The maximum absolute atomic E-state index is 6.03. The Morgan fingerprint density at radius 2 is 1.19 bits per heavy atom. The molecule has 0 fully saturated rings. The van der Waals surface area contributed by atoms with Crippen molar-refractivity contribution in [2.45, 2.75) is 83.3 Å². The molecule has 158 valence electrons. The van der Waals surface area contributed by atoms with E-state index in [4.69, 9.17) is 9.47 Å². The van der Waals surface area contributed by atoms with Crippen molar-refractivity contribution in [3.63, 3.8) is 0 Å². The molecule has 0 aliphatic heterocycles. The molecule has 26 heavy (non-hydrogen) atoms. The number of hydrogen-bond acceptors (Lipinski definition) is 4. The Hall–Kier alpha value is -0.160. The Morgan fingerprint density at radius 1 is 0.692 bits per heavy atom. The third kappa shape index (κ3) is 11.5. The van der Waals surface area contributed by atoms with Crippen molar-refractivity contribution in [3.05, 3.63) is 0 Å². The van der Waals surface area contributed by atoms with Crippen LogP contribution >= 0.6 is 0 Å². The lowest BCUT2D eigenvalue weighted by molar-refractivity contribution is -0.247. The van der Waals surface area contributed by atoms with Crippen LogP contribution in [0, 0.1) is 5.92 Å². The number of ether oxygens (including phenoxy) is 2. The molecule has 0 aromatic heterocycles. The van der Waals surface area contributed by atoms with Crippen LogP contribution in [0.5, 0.6) is 0 Å². The topological polar surface area (TPSA) is 24.9 Å². The number of nitrogens with zero attached hydrogens (tertiary/aromatic N) is 2. The fourth-order valence-corrected chi connectivity index (χ4v) is 3.88. The summed E-state index contributed by atoms with van der Waals surface area (Å²) in [5, 5.41) is 0. The number of unbranched alkanes of at least 4 members (excludes halogenated alkanes) is 5. The fraction of sp³-hybridized carbons (Fsp3) is 1.00. The van der Waals surface area contributed by atoms with Crippen LogP contribution in [0.1, 0.15) is 77.6 Å². The van der Waals surface area contributed by atoms with Crippen molar-refractivity contribution in [3.8, 4) is 0 Å². The normalized spacial score (nSPS) is 13.7. The van der Waals surface area contributed by atoms with E-state index in [1.807, 2.05) is 14.2 Å². The Labute approximate surface area is 164 Å². The smallest absolute Gasteiger partial charge is 0.170 e. The van der Waals surface area contributed by atoms with E-state index in [1.165, 1.54) is 57.8 Å². The molecule has 0 aliphatic rings. The van der Waals surface area contributed by atoms with Gasteiger partial charge in [-0.15, -0.1) is 0 Å². The summed E-state index contributed by atoms with van der Waals surface area (Å²) in [5.74, 6) is 0.0527. The highest BCUT2D eigenvalue weighted by atomic mass is 16.7. The van der Waals surface area contributed by atoms with Gasteiger partial charge in [-0.25, -0.2) is 0 Å². The summed E-state index contributed by atoms with van der Waals surface area (Å²) in [4.78, 5) is 4.51. The minimum Gasteiger partial charge on any atom is -0.353 e. The number of methoxy groups -OCH3 is 2. The van der Waals surface area contributed by atoms with E-state index in [9.17, 15) is 0 Å². The molecule has 0 spiro atoms. The molecule has 1 unspecified atom stereocenters. The van der Waals surface area contributed by atoms with Crippen molar-refractivity contribution in [1.29, 1.82) is 0 Å². The van der Waals surface area contributed by atoms with E-state index in [-0.39, 0.29) is 0 Å². The maximum atomic E-state index is 6.03. The van der Waals surface area contributed by atoms with Crippen LogP contribution in [0.4, 0.5) is 0 Å². The van der Waals surface area contributed by atoms with Crippen LogP contribution in [0.15, 0.2) is 0 Å². The van der Waals surface area contributed by atoms with Gasteiger partial charge in [-0.1, -0.05) is 45.4 Å². The van der Waals surface area contributed by atoms with Crippen LogP contribution in [-0.2, 0) is 9.47 Å². The minimum atomic E-state index is -0.425. The van der Waals surface area contributed by atoms with Gasteiger partial charge >= 0.3 is 0 Å². The maximum Gasteiger partial charge on any atom is 0.170 e. The second-order valence-electron chi connectivity index (χ2n) is 8.33. The average molecular weight is 373 g/mol. The van der Waals surface area contributed by atoms with Crippen molar-refractivity contribution in [1.82, 2.24) is 9.80 Å². The minimum absolute atomic E-state index is 0.425. The lowest BCUT2D eigenvalue weighted by Crippen LogP contribution is -2.43. The molecule has 0 saturated heterocycles. The molecular weight excluding hydrogens is 324 g/mol. The predicted molar refractivity (Wildman–Crippen MR) is 114 cm³/mol. The Balaban J connectivity index is 4.73. The quantitative estimate of drug-likeness (QED) is 0.249. The van der Waals surface area contributed by atoms with Gasteiger partial charge in [0.1, 0.15) is 0 Å². The van der Waals surface area contributed by atoms with Crippen LogP contribution in [-0.4, -0.2) is 71.1 Å². The van der Waals surface area contributed by atoms with Crippen molar-refractivity contribution >= 4 is 0 Å². The van der Waals surface area contributed by atoms with E-state index in [0.717, 1.165) is 25.9 Å². The van der Waals surface area contributed by atoms with Crippen molar-refractivity contribution < 1.29 is 9.47 Å². The fourth-order valence-electron chi connectivity index (χ4n) is 3.88. The summed E-state index contributed by atoms with van der Waals surface area (Å²) >= 11 is 0. The zero-order valence-corrected chi connectivity index (χ0v) is 19.0. The van der Waals surface area contributed by atoms with E-state index >= 15 is 0 Å². The molecule has 0 radical (unpaired) electrons. The molecule has 0 rings (SSSR count). The summed E-state index contributed by atoms with van der Waals surface area (Å²) in [6, 6.07) is 0. The molecule has 0 aliphatic carbocycles. The number of hydrogen-bond donors (Lipinski definition) is 0. The van der Waals surface area contributed by atoms with Gasteiger partial charge in [0.05, 0.1) is 0 Å². The van der Waals surface area contributed by atoms with Gasteiger partial charge in [0, 0.05) is 26.6 Å². The van der Waals surface area contributed by atoms with Crippen LogP contribution < -0.4 is 0 Å². The first-order valence-corrected chi connectivity index (χ1v) is 10.8. The highest BCUT2D eigenvalue weighted by Crippen LogP contribution is 2.35. The third-order valence-corrected chi connectivity index (χ3v) is 5.51. The summed E-state index contributed by atoms with van der Waals surface area (Å²) in [7, 11) is 12.2. The first-order chi connectivity index (χ1) is 12.4. The molecule has 4 heteroatoms. The molecule has 0 bridgehead atoms. The summed E-state index contributed by atoms with van der Waals surface area (Å²) < 4.78 is 12.1. The van der Waals surface area contributed by atoms with Gasteiger partial charge in [-0.2, -0.15) is 0 Å². The van der Waals surface area contributed by atoms with Gasteiger partial charge in [0.25, 0.3) is 0 Å². The summed E-state index contributed by atoms with van der Waals surface area (Å²) in [5.41, 5.74) is 0. The average Bonchev–Trinajstić information content (AvgIpc) is 2.60. The van der Waals surface area contributed by atoms with Crippen LogP contribution in [0.25, 0.3) is 0 Å². The summed E-state index contributed by atoms with van der Waals surface area (Å²) in [6.45, 7) is 4.49.